The maximum atomic E-state index is 11.9. The van der Waals surface area contributed by atoms with Crippen LogP contribution in [0, 0.1) is 12.3 Å². The standard InChI is InChI=1S/C20H19N3O4/c1-3-12-27-18-8-4-15(5-9-18)14-21-23-20(25)13-19(24)22-16-6-10-17(26-2)11-7-16/h1,4-11,14H,12-13H2,2H3,(H,22,24)(H,23,25). The summed E-state index contributed by atoms with van der Waals surface area (Å²) in [6.07, 6.45) is 6.24. The van der Waals surface area contributed by atoms with Gasteiger partial charge in [-0.2, -0.15) is 5.10 Å². The molecule has 138 valence electrons. The largest absolute Gasteiger partial charge is 0.497 e. The lowest BCUT2D eigenvalue weighted by Gasteiger charge is -2.05. The monoisotopic (exact) mass is 365 g/mol. The summed E-state index contributed by atoms with van der Waals surface area (Å²) in [6.45, 7) is 0.197. The number of amides is 2. The zero-order valence-electron chi connectivity index (χ0n) is 14.8. The Hall–Kier alpha value is -3.79. The summed E-state index contributed by atoms with van der Waals surface area (Å²) < 4.78 is 10.3. The lowest BCUT2D eigenvalue weighted by atomic mass is 10.2. The number of carbonyl (C=O) groups excluding carboxylic acids is 2. The quantitative estimate of drug-likeness (QED) is 0.325. The Balaban J connectivity index is 1.76. The Morgan fingerprint density at radius 3 is 2.37 bits per heavy atom. The van der Waals surface area contributed by atoms with Gasteiger partial charge in [-0.3, -0.25) is 9.59 Å². The molecule has 0 saturated heterocycles. The molecular weight excluding hydrogens is 346 g/mol. The smallest absolute Gasteiger partial charge is 0.249 e. The predicted molar refractivity (Wildman–Crippen MR) is 103 cm³/mol. The van der Waals surface area contributed by atoms with Crippen molar-refractivity contribution < 1.29 is 19.1 Å². The number of methoxy groups -OCH3 is 1. The van der Waals surface area contributed by atoms with E-state index in [0.29, 0.717) is 17.2 Å². The second-order valence-electron chi connectivity index (χ2n) is 5.31. The number of hydrogen-bond acceptors (Lipinski definition) is 5. The molecule has 7 heteroatoms. The lowest BCUT2D eigenvalue weighted by Crippen LogP contribution is -2.24. The molecular formula is C20H19N3O4. The van der Waals surface area contributed by atoms with Crippen molar-refractivity contribution in [3.05, 3.63) is 54.1 Å². The Morgan fingerprint density at radius 2 is 1.74 bits per heavy atom. The topological polar surface area (TPSA) is 89.0 Å². The minimum absolute atomic E-state index is 0.197. The van der Waals surface area contributed by atoms with E-state index in [4.69, 9.17) is 15.9 Å². The highest BCUT2D eigenvalue weighted by molar-refractivity contribution is 6.03. The van der Waals surface area contributed by atoms with E-state index in [-0.39, 0.29) is 13.0 Å². The average Bonchev–Trinajstić information content (AvgIpc) is 2.68. The summed E-state index contributed by atoms with van der Waals surface area (Å²) in [4.78, 5) is 23.6. The number of nitrogens with one attached hydrogen (secondary N) is 2. The molecule has 0 bridgehead atoms. The summed E-state index contributed by atoms with van der Waals surface area (Å²) in [5.41, 5.74) is 3.64. The zero-order valence-corrected chi connectivity index (χ0v) is 14.8. The van der Waals surface area contributed by atoms with Gasteiger partial charge in [0.2, 0.25) is 11.8 Å². The third-order valence-corrected chi connectivity index (χ3v) is 3.30. The molecule has 27 heavy (non-hydrogen) atoms. The Kier molecular flexibility index (Phi) is 7.42. The number of carbonyl (C=O) groups is 2. The van der Waals surface area contributed by atoms with Crippen LogP contribution < -0.4 is 20.2 Å². The predicted octanol–water partition coefficient (Wildman–Crippen LogP) is 2.19. The number of rotatable bonds is 8. The minimum Gasteiger partial charge on any atom is -0.497 e. The Labute approximate surface area is 157 Å². The number of ether oxygens (including phenoxy) is 2. The van der Waals surface area contributed by atoms with Gasteiger partial charge in [0.15, 0.2) is 0 Å². The van der Waals surface area contributed by atoms with E-state index in [9.17, 15) is 9.59 Å². The third kappa shape index (κ3) is 6.92. The van der Waals surface area contributed by atoms with Gasteiger partial charge in [-0.15, -0.1) is 6.42 Å². The molecule has 0 fully saturated rings. The first-order valence-electron chi connectivity index (χ1n) is 8.03. The molecule has 0 spiro atoms. The average molecular weight is 365 g/mol. The van der Waals surface area contributed by atoms with E-state index >= 15 is 0 Å². The van der Waals surface area contributed by atoms with E-state index in [2.05, 4.69) is 21.8 Å². The molecule has 0 atom stereocenters. The highest BCUT2D eigenvalue weighted by Crippen LogP contribution is 2.15. The van der Waals surface area contributed by atoms with Crippen LogP contribution in [0.1, 0.15) is 12.0 Å². The van der Waals surface area contributed by atoms with Crippen molar-refractivity contribution in [3.63, 3.8) is 0 Å². The van der Waals surface area contributed by atoms with E-state index in [1.54, 1.807) is 55.6 Å². The Morgan fingerprint density at radius 1 is 1.07 bits per heavy atom. The maximum Gasteiger partial charge on any atom is 0.249 e. The van der Waals surface area contributed by atoms with Gasteiger partial charge >= 0.3 is 0 Å². The molecule has 0 aliphatic rings. The summed E-state index contributed by atoms with van der Waals surface area (Å²) in [5.74, 6) is 2.73. The first-order valence-corrected chi connectivity index (χ1v) is 8.03. The van der Waals surface area contributed by atoms with Crippen LogP contribution in [-0.2, 0) is 9.59 Å². The first-order chi connectivity index (χ1) is 13.1. The van der Waals surface area contributed by atoms with Crippen LogP contribution in [0.4, 0.5) is 5.69 Å². The van der Waals surface area contributed by atoms with Gasteiger partial charge < -0.3 is 14.8 Å². The molecule has 0 aromatic heterocycles. The number of nitrogens with zero attached hydrogens (tertiary/aromatic N) is 1. The molecule has 2 amide bonds. The summed E-state index contributed by atoms with van der Waals surface area (Å²) in [5, 5.41) is 6.44. The number of hydrogen-bond donors (Lipinski definition) is 2. The van der Waals surface area contributed by atoms with Gasteiger partial charge in [0, 0.05) is 5.69 Å². The SMILES string of the molecule is C#CCOc1ccc(C=NNC(=O)CC(=O)Nc2ccc(OC)cc2)cc1. The van der Waals surface area contributed by atoms with Gasteiger partial charge in [0.25, 0.3) is 0 Å². The van der Waals surface area contributed by atoms with Gasteiger partial charge in [-0.25, -0.2) is 5.43 Å². The fourth-order valence-electron chi connectivity index (χ4n) is 2.02. The third-order valence-electron chi connectivity index (χ3n) is 3.30. The van der Waals surface area contributed by atoms with E-state index < -0.39 is 11.8 Å². The van der Waals surface area contributed by atoms with Gasteiger partial charge in [-0.1, -0.05) is 5.92 Å². The molecule has 2 N–H and O–H groups in total. The summed E-state index contributed by atoms with van der Waals surface area (Å²) >= 11 is 0. The second-order valence-corrected chi connectivity index (χ2v) is 5.31. The molecule has 2 aromatic rings. The highest BCUT2D eigenvalue weighted by Gasteiger charge is 2.09. The van der Waals surface area contributed by atoms with Crippen molar-refractivity contribution in [3.8, 4) is 23.8 Å². The van der Waals surface area contributed by atoms with Crippen LogP contribution in [0.15, 0.2) is 53.6 Å². The van der Waals surface area contributed by atoms with Gasteiger partial charge in [-0.05, 0) is 54.1 Å². The molecule has 7 nitrogen and oxygen atoms in total. The fraction of sp³-hybridized carbons (Fsp3) is 0.150. The number of anilines is 1. The molecule has 0 radical (unpaired) electrons. The number of hydrazone groups is 1. The van der Waals surface area contributed by atoms with Crippen LogP contribution in [0.5, 0.6) is 11.5 Å². The fourth-order valence-corrected chi connectivity index (χ4v) is 2.02. The zero-order chi connectivity index (χ0) is 19.5. The van der Waals surface area contributed by atoms with Crippen molar-refractivity contribution in [1.29, 1.82) is 0 Å². The number of terminal acetylenes is 1. The van der Waals surface area contributed by atoms with Crippen molar-refractivity contribution in [2.75, 3.05) is 19.0 Å². The van der Waals surface area contributed by atoms with Crippen molar-refractivity contribution in [2.24, 2.45) is 5.10 Å². The highest BCUT2D eigenvalue weighted by atomic mass is 16.5. The second kappa shape index (κ2) is 10.3. The van der Waals surface area contributed by atoms with Crippen LogP contribution in [0.3, 0.4) is 0 Å². The molecule has 0 aliphatic heterocycles. The molecule has 0 heterocycles. The van der Waals surface area contributed by atoms with Crippen LogP contribution in [0.25, 0.3) is 0 Å². The molecule has 0 unspecified atom stereocenters. The molecule has 2 rings (SSSR count). The molecule has 0 aliphatic carbocycles. The van der Waals surface area contributed by atoms with Crippen molar-refractivity contribution in [1.82, 2.24) is 5.43 Å². The van der Waals surface area contributed by atoms with Crippen molar-refractivity contribution in [2.45, 2.75) is 6.42 Å². The van der Waals surface area contributed by atoms with Crippen molar-refractivity contribution >= 4 is 23.7 Å². The van der Waals surface area contributed by atoms with Gasteiger partial charge in [0.05, 0.1) is 13.3 Å². The normalized spacial score (nSPS) is 10.1. The lowest BCUT2D eigenvalue weighted by molar-refractivity contribution is -0.126. The van der Waals surface area contributed by atoms with E-state index in [0.717, 1.165) is 5.56 Å². The Bertz CT molecular complexity index is 837. The molecule has 0 saturated carbocycles. The van der Waals surface area contributed by atoms with Crippen LogP contribution in [0.2, 0.25) is 0 Å². The maximum absolute atomic E-state index is 11.9. The summed E-state index contributed by atoms with van der Waals surface area (Å²) in [6, 6.07) is 13.8. The number of benzene rings is 2. The van der Waals surface area contributed by atoms with Gasteiger partial charge in [0.1, 0.15) is 24.5 Å². The summed E-state index contributed by atoms with van der Waals surface area (Å²) in [7, 11) is 1.56. The van der Waals surface area contributed by atoms with Crippen LogP contribution >= 0.6 is 0 Å². The molecule has 2 aromatic carbocycles. The van der Waals surface area contributed by atoms with E-state index in [1.807, 2.05) is 0 Å². The first kappa shape index (κ1) is 19.5. The minimum atomic E-state index is -0.522. The van der Waals surface area contributed by atoms with E-state index in [1.165, 1.54) is 6.21 Å². The van der Waals surface area contributed by atoms with Crippen LogP contribution in [-0.4, -0.2) is 31.7 Å².